The van der Waals surface area contributed by atoms with E-state index in [-0.39, 0.29) is 75.6 Å². The van der Waals surface area contributed by atoms with Crippen molar-refractivity contribution in [1.29, 1.82) is 0 Å². The Morgan fingerprint density at radius 1 is 0.421 bits per heavy atom. The van der Waals surface area contributed by atoms with Gasteiger partial charge in [0.2, 0.25) is 0 Å². The molecule has 6 heterocycles. The number of aliphatic hydroxyl groups excluding tert-OH is 10. The van der Waals surface area contributed by atoms with Crippen LogP contribution in [0.4, 0.5) is 9.59 Å². The van der Waals surface area contributed by atoms with Crippen LogP contribution in [0.1, 0.15) is 66.2 Å². The van der Waals surface area contributed by atoms with Crippen LogP contribution >= 0.6 is 0 Å². The van der Waals surface area contributed by atoms with E-state index in [1.807, 2.05) is 27.7 Å². The predicted octanol–water partition coefficient (Wildman–Crippen LogP) is -4.28. The van der Waals surface area contributed by atoms with E-state index in [2.05, 4.69) is 4.84 Å². The third-order valence-corrected chi connectivity index (χ3v) is 14.2. The standard InChI is InChI=1S/C47H74N2O27/c1-20(2)9-22-37(55)27(73-31(38(22)56)18-69-46(64)75-48-33(51)5-6-34(48)52)14-67-13-24-40(58)26(11-50)72-29(42(24)60)15-66-12-23-39(57)25(10-21(3)4)71-28(41(23)59)16-68-17-30-43(61)45(63)44(62)32(74-30)19-70-47(65)76-49-35(53)7-8-36(49)54/h20-32,37-45,50,55-63H,5-19H2,1-4H3. The molecule has 434 valence electrons. The number of aliphatic hydroxyl groups is 10. The normalized spacial score (nSPS) is 38.3. The smallest absolute Gasteiger partial charge is 0.430 e. The van der Waals surface area contributed by atoms with Crippen molar-refractivity contribution in [3.05, 3.63) is 0 Å². The summed E-state index contributed by atoms with van der Waals surface area (Å²) in [5.74, 6) is -5.93. The van der Waals surface area contributed by atoms with Crippen LogP contribution in [0.3, 0.4) is 0 Å². The lowest BCUT2D eigenvalue weighted by Gasteiger charge is -2.45. The average Bonchev–Trinajstić information content (AvgIpc) is 3.86. The fourth-order valence-electron chi connectivity index (χ4n) is 10.1. The van der Waals surface area contributed by atoms with Gasteiger partial charge in [0.15, 0.2) is 0 Å². The van der Waals surface area contributed by atoms with E-state index in [1.54, 1.807) is 0 Å². The van der Waals surface area contributed by atoms with Gasteiger partial charge in [-0.3, -0.25) is 28.9 Å². The topological polar surface area (TPSA) is 413 Å². The summed E-state index contributed by atoms with van der Waals surface area (Å²) in [6, 6.07) is 0. The van der Waals surface area contributed by atoms with Crippen LogP contribution in [-0.4, -0.2) is 260 Å². The van der Waals surface area contributed by atoms with Crippen molar-refractivity contribution in [3.63, 3.8) is 0 Å². The van der Waals surface area contributed by atoms with E-state index in [0.29, 0.717) is 17.9 Å². The summed E-state index contributed by atoms with van der Waals surface area (Å²) in [5.41, 5.74) is 0. The quantitative estimate of drug-likeness (QED) is 0.0342. The highest BCUT2D eigenvalue weighted by molar-refractivity contribution is 6.02. The zero-order valence-electron chi connectivity index (χ0n) is 42.6. The van der Waals surface area contributed by atoms with Crippen molar-refractivity contribution in [2.24, 2.45) is 29.6 Å². The molecule has 0 bridgehead atoms. The van der Waals surface area contributed by atoms with Crippen LogP contribution in [0.25, 0.3) is 0 Å². The van der Waals surface area contributed by atoms with Crippen molar-refractivity contribution in [2.75, 3.05) is 59.5 Å². The molecular weight excluding hydrogens is 1020 g/mol. The number of amides is 4. The number of ether oxygens (including phenoxy) is 9. The van der Waals surface area contributed by atoms with E-state index < -0.39 is 184 Å². The van der Waals surface area contributed by atoms with Gasteiger partial charge in [-0.25, -0.2) is 9.59 Å². The molecule has 0 radical (unpaired) electrons. The first kappa shape index (κ1) is 61.4. The molecule has 6 rings (SSSR count). The van der Waals surface area contributed by atoms with Crippen LogP contribution in [0, 0.1) is 29.6 Å². The molecule has 6 aliphatic rings. The second kappa shape index (κ2) is 27.8. The van der Waals surface area contributed by atoms with Gasteiger partial charge in [-0.1, -0.05) is 37.8 Å². The Morgan fingerprint density at radius 2 is 0.724 bits per heavy atom. The van der Waals surface area contributed by atoms with Gasteiger partial charge >= 0.3 is 12.3 Å². The van der Waals surface area contributed by atoms with Gasteiger partial charge in [0.05, 0.1) is 89.0 Å². The number of hydrogen-bond donors (Lipinski definition) is 10. The Balaban J connectivity index is 1.01. The fourth-order valence-corrected chi connectivity index (χ4v) is 10.1. The molecule has 20 atom stereocenters. The van der Waals surface area contributed by atoms with Crippen LogP contribution in [0.2, 0.25) is 0 Å². The molecule has 0 aromatic rings. The van der Waals surface area contributed by atoms with Crippen LogP contribution < -0.4 is 0 Å². The van der Waals surface area contributed by atoms with Crippen molar-refractivity contribution >= 4 is 35.9 Å². The second-order valence-corrected chi connectivity index (χ2v) is 20.8. The zero-order valence-corrected chi connectivity index (χ0v) is 42.6. The number of carbonyl (C=O) groups is 6. The minimum absolute atomic E-state index is 0.00560. The van der Waals surface area contributed by atoms with Crippen molar-refractivity contribution in [1.82, 2.24) is 10.1 Å². The molecule has 4 amide bonds. The highest BCUT2D eigenvalue weighted by Gasteiger charge is 2.50. The van der Waals surface area contributed by atoms with E-state index >= 15 is 0 Å². The van der Waals surface area contributed by atoms with E-state index in [4.69, 9.17) is 47.5 Å². The molecule has 6 fully saturated rings. The number of carbonyl (C=O) groups excluding carboxylic acids is 6. The maximum atomic E-state index is 12.4. The van der Waals surface area contributed by atoms with Gasteiger partial charge in [0.25, 0.3) is 23.6 Å². The Hall–Kier alpha value is -3.86. The first-order valence-electron chi connectivity index (χ1n) is 25.5. The molecule has 0 aromatic heterocycles. The summed E-state index contributed by atoms with van der Waals surface area (Å²) in [7, 11) is 0. The summed E-state index contributed by atoms with van der Waals surface area (Å²) in [5, 5.41) is 111. The lowest BCUT2D eigenvalue weighted by Crippen LogP contribution is -2.60. The SMILES string of the molecule is CC(C)CC1OC(COCC2OC(COC(=O)ON3C(=O)CCC3=O)C(O)C(O)C2O)C(O)C(COCC2OC(CO)C(O)C(COCC3OC(COC(=O)ON4C(=O)CCC4=O)C(O)C(CC(C)C)C3O)C2O)C1O. The molecule has 20 unspecified atom stereocenters. The third-order valence-electron chi connectivity index (χ3n) is 14.2. The predicted molar refractivity (Wildman–Crippen MR) is 245 cm³/mol. The average molecular weight is 1100 g/mol. The minimum atomic E-state index is -1.81. The highest BCUT2D eigenvalue weighted by atomic mass is 16.8. The lowest BCUT2D eigenvalue weighted by molar-refractivity contribution is -0.254. The number of rotatable bonds is 23. The first-order valence-corrected chi connectivity index (χ1v) is 25.5. The van der Waals surface area contributed by atoms with Gasteiger partial charge in [-0.05, 0) is 24.7 Å². The Labute approximate surface area is 436 Å². The molecule has 0 saturated carbocycles. The number of imide groups is 2. The van der Waals surface area contributed by atoms with Gasteiger partial charge in [-0.2, -0.15) is 0 Å². The van der Waals surface area contributed by atoms with Crippen molar-refractivity contribution in [3.8, 4) is 0 Å². The summed E-state index contributed by atoms with van der Waals surface area (Å²) >= 11 is 0. The van der Waals surface area contributed by atoms with Gasteiger partial charge in [-0.15, -0.1) is 0 Å². The molecule has 0 spiro atoms. The van der Waals surface area contributed by atoms with Gasteiger partial charge < -0.3 is 93.7 Å². The van der Waals surface area contributed by atoms with Crippen LogP contribution in [-0.2, 0) is 71.5 Å². The molecule has 6 saturated heterocycles. The molecule has 0 aliphatic carbocycles. The van der Waals surface area contributed by atoms with E-state index in [1.165, 1.54) is 0 Å². The largest absolute Gasteiger partial charge is 0.534 e. The fraction of sp³-hybridized carbons (Fsp3) is 0.872. The van der Waals surface area contributed by atoms with Crippen LogP contribution in [0.15, 0.2) is 0 Å². The molecule has 29 heteroatoms. The first-order chi connectivity index (χ1) is 36.0. The molecule has 0 aromatic carbocycles. The maximum absolute atomic E-state index is 12.4. The van der Waals surface area contributed by atoms with E-state index in [0.717, 1.165) is 0 Å². The minimum Gasteiger partial charge on any atom is -0.430 e. The Bertz CT molecular complexity index is 1920. The van der Waals surface area contributed by atoms with Crippen molar-refractivity contribution in [2.45, 2.75) is 170 Å². The second-order valence-electron chi connectivity index (χ2n) is 20.8. The van der Waals surface area contributed by atoms with Crippen LogP contribution in [0.5, 0.6) is 0 Å². The Kier molecular flexibility index (Phi) is 22.5. The highest BCUT2D eigenvalue weighted by Crippen LogP contribution is 2.35. The molecular formula is C47H74N2O27. The number of nitrogens with zero attached hydrogens (tertiary/aromatic N) is 2. The summed E-state index contributed by atoms with van der Waals surface area (Å²) in [6.07, 6.45) is -25.9. The lowest BCUT2D eigenvalue weighted by atomic mass is 9.81. The molecule has 29 nitrogen and oxygen atoms in total. The van der Waals surface area contributed by atoms with Crippen molar-refractivity contribution < 1.29 is 132 Å². The Morgan fingerprint density at radius 3 is 1.12 bits per heavy atom. The van der Waals surface area contributed by atoms with E-state index in [9.17, 15) is 79.8 Å². The molecule has 76 heavy (non-hydrogen) atoms. The third kappa shape index (κ3) is 15.3. The maximum Gasteiger partial charge on any atom is 0.534 e. The summed E-state index contributed by atoms with van der Waals surface area (Å²) in [6.45, 7) is 3.25. The summed E-state index contributed by atoms with van der Waals surface area (Å²) in [4.78, 5) is 81.3. The number of hydroxylamine groups is 4. The molecule has 6 aliphatic heterocycles. The van der Waals surface area contributed by atoms with Gasteiger partial charge in [0.1, 0.15) is 74.3 Å². The zero-order chi connectivity index (χ0) is 55.7. The summed E-state index contributed by atoms with van der Waals surface area (Å²) < 4.78 is 51.1. The van der Waals surface area contributed by atoms with Gasteiger partial charge in [0, 0.05) is 43.4 Å². The monoisotopic (exact) mass is 1100 g/mol. The number of hydrogen-bond acceptors (Lipinski definition) is 27. The molecule has 10 N–H and O–H groups in total.